The Hall–Kier alpha value is -1.56. The van der Waals surface area contributed by atoms with E-state index in [4.69, 9.17) is 23.7 Å². The predicted octanol–water partition coefficient (Wildman–Crippen LogP) is 4.49. The molecule has 5 heteroatoms. The Kier molecular flexibility index (Phi) is 10.3. The van der Waals surface area contributed by atoms with E-state index in [1.165, 1.54) is 0 Å². The highest BCUT2D eigenvalue weighted by molar-refractivity contribution is 5.26. The van der Waals surface area contributed by atoms with Gasteiger partial charge in [-0.25, -0.2) is 0 Å². The summed E-state index contributed by atoms with van der Waals surface area (Å²) in [6.45, 7) is 6.79. The fourth-order valence-electron chi connectivity index (χ4n) is 2.83. The van der Waals surface area contributed by atoms with Gasteiger partial charge in [0, 0.05) is 13.2 Å². The van der Waals surface area contributed by atoms with Gasteiger partial charge < -0.3 is 23.7 Å². The van der Waals surface area contributed by atoms with Crippen LogP contribution in [-0.4, -0.2) is 45.2 Å². The van der Waals surface area contributed by atoms with E-state index in [9.17, 15) is 0 Å². The summed E-state index contributed by atoms with van der Waals surface area (Å²) in [7, 11) is 1.67. The van der Waals surface area contributed by atoms with Crippen molar-refractivity contribution in [3.63, 3.8) is 0 Å². The van der Waals surface area contributed by atoms with Crippen molar-refractivity contribution in [3.8, 4) is 5.75 Å². The number of rotatable bonds is 13. The van der Waals surface area contributed by atoms with Gasteiger partial charge in [0.25, 0.3) is 0 Å². The highest BCUT2D eigenvalue weighted by Crippen LogP contribution is 2.22. The highest BCUT2D eigenvalue weighted by atomic mass is 16.6. The van der Waals surface area contributed by atoms with E-state index in [1.54, 1.807) is 13.4 Å². The molecule has 1 aliphatic rings. The fraction of sp³-hybridized carbons (Fsp3) is 0.636. The number of unbranched alkanes of at least 4 members (excludes halogenated alkanes) is 2. The lowest BCUT2D eigenvalue weighted by Gasteiger charge is -2.34. The maximum absolute atomic E-state index is 6.16. The Morgan fingerprint density at radius 2 is 1.70 bits per heavy atom. The first kappa shape index (κ1) is 21.7. The van der Waals surface area contributed by atoms with Gasteiger partial charge in [0.05, 0.1) is 26.6 Å². The predicted molar refractivity (Wildman–Crippen MR) is 106 cm³/mol. The molecule has 0 fully saturated rings. The molecule has 0 amide bonds. The number of hydrogen-bond acceptors (Lipinski definition) is 5. The zero-order valence-electron chi connectivity index (χ0n) is 16.9. The van der Waals surface area contributed by atoms with Crippen molar-refractivity contribution < 1.29 is 23.7 Å². The number of benzene rings is 1. The molecule has 0 aliphatic carbocycles. The fourth-order valence-corrected chi connectivity index (χ4v) is 2.83. The third kappa shape index (κ3) is 7.53. The topological polar surface area (TPSA) is 46.2 Å². The van der Waals surface area contributed by atoms with Crippen LogP contribution in [0.5, 0.6) is 5.75 Å². The van der Waals surface area contributed by atoms with Crippen molar-refractivity contribution in [2.75, 3.05) is 26.9 Å². The Morgan fingerprint density at radius 1 is 0.963 bits per heavy atom. The Balaban J connectivity index is 1.92. The molecule has 5 nitrogen and oxygen atoms in total. The summed E-state index contributed by atoms with van der Waals surface area (Å²) in [5.41, 5.74) is 1.10. The standard InChI is InChI=1S/C22H34O5/c1-4-6-13-24-17-21-22(26-14-7-5-2)20(12-15-25-21)27-16-18-8-10-19(23-3)11-9-18/h8-12,15,20-22H,4-7,13-14,16-17H2,1-3H3/t20?,21?,22-/m1/s1. The van der Waals surface area contributed by atoms with E-state index in [2.05, 4.69) is 13.8 Å². The highest BCUT2D eigenvalue weighted by Gasteiger charge is 2.34. The van der Waals surface area contributed by atoms with Gasteiger partial charge in [-0.05, 0) is 36.6 Å². The molecule has 0 bridgehead atoms. The van der Waals surface area contributed by atoms with Crippen molar-refractivity contribution >= 4 is 0 Å². The minimum Gasteiger partial charge on any atom is -0.497 e. The lowest BCUT2D eigenvalue weighted by Crippen LogP contribution is -2.46. The molecule has 0 spiro atoms. The molecule has 2 unspecified atom stereocenters. The zero-order chi connectivity index (χ0) is 19.3. The minimum atomic E-state index is -0.165. The van der Waals surface area contributed by atoms with Gasteiger partial charge in [0.15, 0.2) is 0 Å². The summed E-state index contributed by atoms with van der Waals surface area (Å²) in [5.74, 6) is 0.842. The molecule has 1 aromatic carbocycles. The molecular weight excluding hydrogens is 344 g/mol. The van der Waals surface area contributed by atoms with E-state index < -0.39 is 0 Å². The summed E-state index contributed by atoms with van der Waals surface area (Å²) >= 11 is 0. The van der Waals surface area contributed by atoms with Gasteiger partial charge in [-0.2, -0.15) is 0 Å². The lowest BCUT2D eigenvalue weighted by molar-refractivity contribution is -0.141. The molecule has 0 aromatic heterocycles. The van der Waals surface area contributed by atoms with E-state index in [1.807, 2.05) is 30.3 Å². The summed E-state index contributed by atoms with van der Waals surface area (Å²) in [6.07, 6.45) is 7.47. The Bertz CT molecular complexity index is 528. The average Bonchev–Trinajstić information content (AvgIpc) is 2.71. The quantitative estimate of drug-likeness (QED) is 0.473. The van der Waals surface area contributed by atoms with Crippen LogP contribution in [0.1, 0.15) is 45.1 Å². The Labute approximate surface area is 163 Å². The number of ether oxygens (including phenoxy) is 5. The number of methoxy groups -OCH3 is 1. The van der Waals surface area contributed by atoms with Gasteiger partial charge >= 0.3 is 0 Å². The van der Waals surface area contributed by atoms with Crippen LogP contribution < -0.4 is 4.74 Å². The SMILES string of the molecule is CCCCOCC1OC=CC(OCc2ccc(OC)cc2)[C@H]1OCCCC. The van der Waals surface area contributed by atoms with Gasteiger partial charge in [0.2, 0.25) is 0 Å². The first-order chi connectivity index (χ1) is 13.3. The normalized spacial score (nSPS) is 21.8. The van der Waals surface area contributed by atoms with Crippen molar-refractivity contribution in [2.45, 2.75) is 64.4 Å². The second-order valence-corrected chi connectivity index (χ2v) is 6.74. The van der Waals surface area contributed by atoms with Crippen LogP contribution in [0, 0.1) is 0 Å². The van der Waals surface area contributed by atoms with Gasteiger partial charge in [-0.15, -0.1) is 0 Å². The van der Waals surface area contributed by atoms with E-state index in [0.717, 1.165) is 43.6 Å². The van der Waals surface area contributed by atoms with Crippen molar-refractivity contribution in [3.05, 3.63) is 42.2 Å². The molecule has 27 heavy (non-hydrogen) atoms. The second-order valence-electron chi connectivity index (χ2n) is 6.74. The van der Waals surface area contributed by atoms with Crippen molar-refractivity contribution in [2.24, 2.45) is 0 Å². The molecule has 152 valence electrons. The average molecular weight is 379 g/mol. The lowest BCUT2D eigenvalue weighted by atomic mass is 10.1. The monoisotopic (exact) mass is 378 g/mol. The van der Waals surface area contributed by atoms with Gasteiger partial charge in [-0.3, -0.25) is 0 Å². The van der Waals surface area contributed by atoms with Crippen molar-refractivity contribution in [1.82, 2.24) is 0 Å². The van der Waals surface area contributed by atoms with Gasteiger partial charge in [0.1, 0.15) is 24.1 Å². The maximum Gasteiger partial charge on any atom is 0.150 e. The molecule has 0 radical (unpaired) electrons. The van der Waals surface area contributed by atoms with E-state index >= 15 is 0 Å². The summed E-state index contributed by atoms with van der Waals surface area (Å²) in [6, 6.07) is 7.91. The Morgan fingerprint density at radius 3 is 2.41 bits per heavy atom. The molecule has 2 rings (SSSR count). The largest absolute Gasteiger partial charge is 0.497 e. The first-order valence-electron chi connectivity index (χ1n) is 10.0. The van der Waals surface area contributed by atoms with Crippen LogP contribution in [0.4, 0.5) is 0 Å². The third-order valence-electron chi connectivity index (χ3n) is 4.55. The second kappa shape index (κ2) is 12.8. The summed E-state index contributed by atoms with van der Waals surface area (Å²) in [5, 5.41) is 0. The molecule has 1 heterocycles. The molecule has 0 N–H and O–H groups in total. The molecule has 3 atom stereocenters. The van der Waals surface area contributed by atoms with Gasteiger partial charge in [-0.1, -0.05) is 38.8 Å². The van der Waals surface area contributed by atoms with Crippen molar-refractivity contribution in [1.29, 1.82) is 0 Å². The molecule has 1 aliphatic heterocycles. The molecule has 0 saturated heterocycles. The first-order valence-corrected chi connectivity index (χ1v) is 10.0. The molecular formula is C22H34O5. The third-order valence-corrected chi connectivity index (χ3v) is 4.55. The van der Waals surface area contributed by atoms with E-state index in [-0.39, 0.29) is 18.3 Å². The summed E-state index contributed by atoms with van der Waals surface area (Å²) in [4.78, 5) is 0. The smallest absolute Gasteiger partial charge is 0.150 e. The molecule has 1 aromatic rings. The van der Waals surface area contributed by atoms with E-state index in [0.29, 0.717) is 19.8 Å². The zero-order valence-corrected chi connectivity index (χ0v) is 16.9. The van der Waals surface area contributed by atoms with Crippen LogP contribution >= 0.6 is 0 Å². The van der Waals surface area contributed by atoms with Crippen LogP contribution in [0.3, 0.4) is 0 Å². The van der Waals surface area contributed by atoms with Crippen LogP contribution in [-0.2, 0) is 25.6 Å². The van der Waals surface area contributed by atoms with Crippen LogP contribution in [0.2, 0.25) is 0 Å². The van der Waals surface area contributed by atoms with Crippen LogP contribution in [0.25, 0.3) is 0 Å². The molecule has 0 saturated carbocycles. The number of hydrogen-bond donors (Lipinski definition) is 0. The maximum atomic E-state index is 6.16. The minimum absolute atomic E-state index is 0.149. The van der Waals surface area contributed by atoms with Crippen LogP contribution in [0.15, 0.2) is 36.6 Å². The summed E-state index contributed by atoms with van der Waals surface area (Å²) < 4.78 is 29.1.